The standard InChI is InChI=1S/C12H18N4O2/c1-2-16-7-3-4-9(16)8-13-12(18)10-5-6-11(17)15-14-10/h5-6,9H,2-4,7-8H2,1H3,(H,13,18)(H,15,17). The molecule has 2 N–H and O–H groups in total. The molecule has 0 bridgehead atoms. The quantitative estimate of drug-likeness (QED) is 0.787. The monoisotopic (exact) mass is 250 g/mol. The van der Waals surface area contributed by atoms with Crippen LogP contribution >= 0.6 is 0 Å². The maximum absolute atomic E-state index is 11.8. The molecule has 1 atom stereocenters. The number of H-pyrrole nitrogens is 1. The minimum Gasteiger partial charge on any atom is -0.349 e. The number of likely N-dealkylation sites (N-methyl/N-ethyl adjacent to an activating group) is 1. The number of nitrogens with one attached hydrogen (secondary N) is 2. The molecule has 2 heterocycles. The second-order valence-corrected chi connectivity index (χ2v) is 4.44. The van der Waals surface area contributed by atoms with Crippen LogP contribution in [0.3, 0.4) is 0 Å². The molecule has 0 aromatic carbocycles. The maximum Gasteiger partial charge on any atom is 0.271 e. The number of aromatic amines is 1. The first-order valence-corrected chi connectivity index (χ1v) is 6.28. The Morgan fingerprint density at radius 2 is 2.44 bits per heavy atom. The van der Waals surface area contributed by atoms with E-state index < -0.39 is 0 Å². The number of likely N-dealkylation sites (tertiary alicyclic amines) is 1. The van der Waals surface area contributed by atoms with Crippen LogP contribution in [0.25, 0.3) is 0 Å². The van der Waals surface area contributed by atoms with Crippen LogP contribution in [0.2, 0.25) is 0 Å². The van der Waals surface area contributed by atoms with Crippen LogP contribution in [0.5, 0.6) is 0 Å². The Kier molecular flexibility index (Phi) is 4.09. The van der Waals surface area contributed by atoms with Gasteiger partial charge in [0, 0.05) is 18.7 Å². The molecule has 6 nitrogen and oxygen atoms in total. The molecule has 1 saturated heterocycles. The number of nitrogens with zero attached hydrogens (tertiary/aromatic N) is 2. The zero-order chi connectivity index (χ0) is 13.0. The van der Waals surface area contributed by atoms with Crippen molar-refractivity contribution in [3.8, 4) is 0 Å². The zero-order valence-corrected chi connectivity index (χ0v) is 10.5. The van der Waals surface area contributed by atoms with E-state index in [1.54, 1.807) is 0 Å². The highest BCUT2D eigenvalue weighted by Crippen LogP contribution is 2.15. The summed E-state index contributed by atoms with van der Waals surface area (Å²) in [4.78, 5) is 25.0. The van der Waals surface area contributed by atoms with E-state index in [1.165, 1.54) is 18.6 Å². The van der Waals surface area contributed by atoms with Gasteiger partial charge in [-0.15, -0.1) is 0 Å². The second kappa shape index (κ2) is 5.77. The van der Waals surface area contributed by atoms with Crippen LogP contribution in [-0.4, -0.2) is 46.7 Å². The number of aromatic nitrogens is 2. The van der Waals surface area contributed by atoms with Gasteiger partial charge in [0.15, 0.2) is 0 Å². The molecule has 1 unspecified atom stereocenters. The highest BCUT2D eigenvalue weighted by atomic mass is 16.2. The first kappa shape index (κ1) is 12.8. The Morgan fingerprint density at radius 3 is 3.11 bits per heavy atom. The minimum absolute atomic E-state index is 0.241. The first-order chi connectivity index (χ1) is 8.70. The third-order valence-corrected chi connectivity index (χ3v) is 3.32. The average molecular weight is 250 g/mol. The van der Waals surface area contributed by atoms with Crippen molar-refractivity contribution in [2.24, 2.45) is 0 Å². The topological polar surface area (TPSA) is 78.1 Å². The molecule has 0 spiro atoms. The summed E-state index contributed by atoms with van der Waals surface area (Å²) >= 11 is 0. The third kappa shape index (κ3) is 2.95. The molecule has 2 rings (SSSR count). The maximum atomic E-state index is 11.8. The number of carbonyl (C=O) groups excluding carboxylic acids is 1. The lowest BCUT2D eigenvalue weighted by Crippen LogP contribution is -2.40. The van der Waals surface area contributed by atoms with Crippen LogP contribution in [0, 0.1) is 0 Å². The lowest BCUT2D eigenvalue weighted by molar-refractivity contribution is 0.0935. The van der Waals surface area contributed by atoms with Crippen molar-refractivity contribution < 1.29 is 4.79 Å². The molecular formula is C12H18N4O2. The molecule has 1 aliphatic heterocycles. The molecule has 1 fully saturated rings. The normalized spacial score (nSPS) is 19.9. The van der Waals surface area contributed by atoms with Crippen LogP contribution in [-0.2, 0) is 0 Å². The van der Waals surface area contributed by atoms with E-state index >= 15 is 0 Å². The molecule has 0 aliphatic carbocycles. The Balaban J connectivity index is 1.88. The van der Waals surface area contributed by atoms with E-state index in [4.69, 9.17) is 0 Å². The van der Waals surface area contributed by atoms with E-state index in [1.807, 2.05) is 0 Å². The predicted molar refractivity (Wildman–Crippen MR) is 67.5 cm³/mol. The van der Waals surface area contributed by atoms with Gasteiger partial charge in [-0.2, -0.15) is 5.10 Å². The van der Waals surface area contributed by atoms with Gasteiger partial charge < -0.3 is 5.32 Å². The van der Waals surface area contributed by atoms with Gasteiger partial charge in [0.2, 0.25) is 0 Å². The van der Waals surface area contributed by atoms with Crippen LogP contribution < -0.4 is 10.9 Å². The minimum atomic E-state index is -0.306. The molecule has 0 radical (unpaired) electrons. The summed E-state index contributed by atoms with van der Waals surface area (Å²) in [6.07, 6.45) is 2.30. The van der Waals surface area contributed by atoms with Crippen LogP contribution in [0.15, 0.2) is 16.9 Å². The van der Waals surface area contributed by atoms with E-state index in [-0.39, 0.29) is 17.2 Å². The number of hydrogen-bond acceptors (Lipinski definition) is 4. The van der Waals surface area contributed by atoms with Crippen molar-refractivity contribution >= 4 is 5.91 Å². The molecule has 18 heavy (non-hydrogen) atoms. The highest BCUT2D eigenvalue weighted by molar-refractivity contribution is 5.91. The number of amides is 1. The van der Waals surface area contributed by atoms with E-state index in [2.05, 4.69) is 27.3 Å². The molecule has 1 amide bonds. The zero-order valence-electron chi connectivity index (χ0n) is 10.5. The summed E-state index contributed by atoms with van der Waals surface area (Å²) < 4.78 is 0. The Morgan fingerprint density at radius 1 is 1.61 bits per heavy atom. The van der Waals surface area contributed by atoms with Crippen molar-refractivity contribution in [1.82, 2.24) is 20.4 Å². The summed E-state index contributed by atoms with van der Waals surface area (Å²) in [6.45, 7) is 4.88. The van der Waals surface area contributed by atoms with Gasteiger partial charge in [-0.3, -0.25) is 14.5 Å². The molecule has 98 valence electrons. The lowest BCUT2D eigenvalue weighted by atomic mass is 10.2. The fourth-order valence-electron chi connectivity index (χ4n) is 2.31. The van der Waals surface area contributed by atoms with Gasteiger partial charge in [0.25, 0.3) is 11.5 Å². The molecule has 1 aromatic rings. The molecular weight excluding hydrogens is 232 g/mol. The molecule has 6 heteroatoms. The second-order valence-electron chi connectivity index (χ2n) is 4.44. The van der Waals surface area contributed by atoms with Crippen molar-refractivity contribution in [1.29, 1.82) is 0 Å². The van der Waals surface area contributed by atoms with Crippen molar-refractivity contribution in [2.75, 3.05) is 19.6 Å². The summed E-state index contributed by atoms with van der Waals surface area (Å²) in [5.74, 6) is -0.241. The number of hydrogen-bond donors (Lipinski definition) is 2. The summed E-state index contributed by atoms with van der Waals surface area (Å²) in [7, 11) is 0. The summed E-state index contributed by atoms with van der Waals surface area (Å²) in [5, 5.41) is 8.81. The van der Waals surface area contributed by atoms with Crippen LogP contribution in [0.4, 0.5) is 0 Å². The SMILES string of the molecule is CCN1CCCC1CNC(=O)c1ccc(=O)[nH]n1. The van der Waals surface area contributed by atoms with Gasteiger partial charge >= 0.3 is 0 Å². The predicted octanol–water partition coefficient (Wildman–Crippen LogP) is -0.0160. The van der Waals surface area contributed by atoms with Gasteiger partial charge in [-0.25, -0.2) is 5.10 Å². The van der Waals surface area contributed by atoms with Gasteiger partial charge in [0.1, 0.15) is 5.69 Å². The Hall–Kier alpha value is -1.69. The first-order valence-electron chi connectivity index (χ1n) is 6.28. The van der Waals surface area contributed by atoms with Crippen molar-refractivity contribution in [2.45, 2.75) is 25.8 Å². The van der Waals surface area contributed by atoms with Gasteiger partial charge in [-0.1, -0.05) is 6.92 Å². The summed E-state index contributed by atoms with van der Waals surface area (Å²) in [6, 6.07) is 3.15. The number of rotatable bonds is 4. The summed E-state index contributed by atoms with van der Waals surface area (Å²) in [5.41, 5.74) is -0.0600. The van der Waals surface area contributed by atoms with Crippen molar-refractivity contribution in [3.63, 3.8) is 0 Å². The Labute approximate surface area is 105 Å². The highest BCUT2D eigenvalue weighted by Gasteiger charge is 2.23. The lowest BCUT2D eigenvalue weighted by Gasteiger charge is -2.22. The largest absolute Gasteiger partial charge is 0.349 e. The molecule has 1 aromatic heterocycles. The fraction of sp³-hybridized carbons (Fsp3) is 0.583. The third-order valence-electron chi connectivity index (χ3n) is 3.32. The van der Waals surface area contributed by atoms with Crippen LogP contribution in [0.1, 0.15) is 30.3 Å². The van der Waals surface area contributed by atoms with E-state index in [9.17, 15) is 9.59 Å². The van der Waals surface area contributed by atoms with E-state index in [0.29, 0.717) is 12.6 Å². The fourth-order valence-corrected chi connectivity index (χ4v) is 2.31. The molecule has 0 saturated carbocycles. The van der Waals surface area contributed by atoms with Gasteiger partial charge in [0.05, 0.1) is 0 Å². The number of carbonyl (C=O) groups is 1. The van der Waals surface area contributed by atoms with Crippen molar-refractivity contribution in [3.05, 3.63) is 28.2 Å². The average Bonchev–Trinajstić information content (AvgIpc) is 2.84. The van der Waals surface area contributed by atoms with Gasteiger partial charge in [-0.05, 0) is 32.0 Å². The smallest absolute Gasteiger partial charge is 0.271 e. The van der Waals surface area contributed by atoms with E-state index in [0.717, 1.165) is 19.5 Å². The molecule has 1 aliphatic rings. The Bertz CT molecular complexity index is 451.